The summed E-state index contributed by atoms with van der Waals surface area (Å²) in [6.45, 7) is 3.61. The minimum atomic E-state index is 0.601. The maximum Gasteiger partial charge on any atom is 0.150 e. The van der Waals surface area contributed by atoms with Crippen molar-refractivity contribution in [3.63, 3.8) is 0 Å². The molecule has 0 spiro atoms. The van der Waals surface area contributed by atoms with E-state index in [1.807, 2.05) is 6.07 Å². The van der Waals surface area contributed by atoms with Crippen molar-refractivity contribution in [2.75, 3.05) is 7.11 Å². The molecular weight excluding hydrogens is 152 g/mol. The summed E-state index contributed by atoms with van der Waals surface area (Å²) in [5, 5.41) is 0. The number of ether oxygens (including phenoxy) is 1. The highest BCUT2D eigenvalue weighted by atomic mass is 16.5. The maximum atomic E-state index is 10.5. The van der Waals surface area contributed by atoms with Gasteiger partial charge in [-0.15, -0.1) is 0 Å². The minimum absolute atomic E-state index is 0.601. The van der Waals surface area contributed by atoms with E-state index in [9.17, 15) is 4.79 Å². The van der Waals surface area contributed by atoms with Gasteiger partial charge >= 0.3 is 0 Å². The summed E-state index contributed by atoms with van der Waals surface area (Å²) in [6.07, 6.45) is 2.46. The van der Waals surface area contributed by atoms with Crippen LogP contribution >= 0.6 is 0 Å². The molecule has 0 saturated heterocycles. The highest BCUT2D eigenvalue weighted by Gasteiger charge is 1.97. The number of rotatable bonds is 3. The molecule has 12 heavy (non-hydrogen) atoms. The first kappa shape index (κ1) is 8.53. The molecule has 0 aromatic heterocycles. The quantitative estimate of drug-likeness (QED) is 0.636. The molecule has 0 amide bonds. The summed E-state index contributed by atoms with van der Waals surface area (Å²) < 4.78 is 4.99. The van der Waals surface area contributed by atoms with Gasteiger partial charge in [-0.05, 0) is 23.8 Å². The van der Waals surface area contributed by atoms with Gasteiger partial charge in [-0.1, -0.05) is 12.7 Å². The van der Waals surface area contributed by atoms with Gasteiger partial charge in [0.05, 0.1) is 7.11 Å². The molecule has 0 N–H and O–H groups in total. The molecule has 0 aliphatic carbocycles. The Kier molecular flexibility index (Phi) is 2.64. The average Bonchev–Trinajstić information content (AvgIpc) is 2.16. The van der Waals surface area contributed by atoms with Crippen LogP contribution in [0.15, 0.2) is 24.8 Å². The first-order valence-electron chi connectivity index (χ1n) is 3.57. The number of hydrogen-bond acceptors (Lipinski definition) is 2. The third kappa shape index (κ3) is 1.72. The predicted octanol–water partition coefficient (Wildman–Crippen LogP) is 2.15. The summed E-state index contributed by atoms with van der Waals surface area (Å²) in [6, 6.07) is 5.25. The number of carbonyl (C=O) groups excluding carboxylic acids is 1. The van der Waals surface area contributed by atoms with E-state index < -0.39 is 0 Å². The third-order valence-electron chi connectivity index (χ3n) is 1.56. The lowest BCUT2D eigenvalue weighted by Crippen LogP contribution is -1.87. The van der Waals surface area contributed by atoms with E-state index in [4.69, 9.17) is 4.74 Å². The molecule has 0 heterocycles. The van der Waals surface area contributed by atoms with Crippen LogP contribution < -0.4 is 4.74 Å². The molecular formula is C10H10O2. The van der Waals surface area contributed by atoms with Crippen molar-refractivity contribution in [2.24, 2.45) is 0 Å². The molecule has 1 rings (SSSR count). The third-order valence-corrected chi connectivity index (χ3v) is 1.56. The van der Waals surface area contributed by atoms with Gasteiger partial charge in [0.2, 0.25) is 0 Å². The first-order chi connectivity index (χ1) is 5.80. The van der Waals surface area contributed by atoms with E-state index in [0.29, 0.717) is 11.3 Å². The molecule has 1 aromatic carbocycles. The topological polar surface area (TPSA) is 26.3 Å². The molecule has 62 valence electrons. The second kappa shape index (κ2) is 3.72. The van der Waals surface area contributed by atoms with Crippen LogP contribution in [0.3, 0.4) is 0 Å². The largest absolute Gasteiger partial charge is 0.497 e. The van der Waals surface area contributed by atoms with Crippen molar-refractivity contribution in [1.82, 2.24) is 0 Å². The standard InChI is InChI=1S/C10H10O2/c1-3-8-4-9(7-11)6-10(5-8)12-2/h3-7H,1H2,2H3. The van der Waals surface area contributed by atoms with Crippen molar-refractivity contribution >= 4 is 12.4 Å². The summed E-state index contributed by atoms with van der Waals surface area (Å²) in [5.74, 6) is 0.675. The Bertz CT molecular complexity index is 276. The maximum absolute atomic E-state index is 10.5. The van der Waals surface area contributed by atoms with Gasteiger partial charge in [-0.2, -0.15) is 0 Å². The first-order valence-corrected chi connectivity index (χ1v) is 3.57. The molecule has 0 bridgehead atoms. The van der Waals surface area contributed by atoms with Crippen LogP contribution in [0, 0.1) is 0 Å². The van der Waals surface area contributed by atoms with Crippen LogP contribution in [0.1, 0.15) is 15.9 Å². The van der Waals surface area contributed by atoms with E-state index >= 15 is 0 Å². The van der Waals surface area contributed by atoms with E-state index in [1.54, 1.807) is 25.3 Å². The van der Waals surface area contributed by atoms with E-state index in [-0.39, 0.29) is 0 Å². The monoisotopic (exact) mass is 162 g/mol. The molecule has 0 unspecified atom stereocenters. The lowest BCUT2D eigenvalue weighted by Gasteiger charge is -2.01. The number of hydrogen-bond donors (Lipinski definition) is 0. The van der Waals surface area contributed by atoms with Crippen LogP contribution in [0.2, 0.25) is 0 Å². The second-order valence-corrected chi connectivity index (χ2v) is 2.36. The van der Waals surface area contributed by atoms with Crippen LogP contribution in [-0.2, 0) is 0 Å². The zero-order valence-corrected chi connectivity index (χ0v) is 6.91. The van der Waals surface area contributed by atoms with Crippen LogP contribution in [-0.4, -0.2) is 13.4 Å². The Morgan fingerprint density at radius 1 is 1.33 bits per heavy atom. The SMILES string of the molecule is C=Cc1cc(C=O)cc(OC)c1. The van der Waals surface area contributed by atoms with Gasteiger partial charge in [0.1, 0.15) is 12.0 Å². The van der Waals surface area contributed by atoms with Crippen molar-refractivity contribution < 1.29 is 9.53 Å². The molecule has 2 nitrogen and oxygen atoms in total. The number of methoxy groups -OCH3 is 1. The van der Waals surface area contributed by atoms with Crippen LogP contribution in [0.5, 0.6) is 5.75 Å². The average molecular weight is 162 g/mol. The van der Waals surface area contributed by atoms with Gasteiger partial charge in [0.15, 0.2) is 0 Å². The van der Waals surface area contributed by atoms with Gasteiger partial charge in [0.25, 0.3) is 0 Å². The summed E-state index contributed by atoms with van der Waals surface area (Å²) in [4.78, 5) is 10.5. The second-order valence-electron chi connectivity index (χ2n) is 2.36. The van der Waals surface area contributed by atoms with Crippen molar-refractivity contribution in [1.29, 1.82) is 0 Å². The van der Waals surface area contributed by atoms with Crippen molar-refractivity contribution in [3.05, 3.63) is 35.9 Å². The van der Waals surface area contributed by atoms with E-state index in [0.717, 1.165) is 11.8 Å². The Balaban J connectivity index is 3.18. The van der Waals surface area contributed by atoms with E-state index in [1.165, 1.54) is 0 Å². The highest BCUT2D eigenvalue weighted by Crippen LogP contribution is 2.16. The summed E-state index contributed by atoms with van der Waals surface area (Å²) >= 11 is 0. The molecule has 2 heteroatoms. The Labute approximate surface area is 71.5 Å². The number of carbonyl (C=O) groups is 1. The fourth-order valence-electron chi connectivity index (χ4n) is 0.950. The van der Waals surface area contributed by atoms with Gasteiger partial charge in [0, 0.05) is 5.56 Å². The normalized spacial score (nSPS) is 9.08. The fraction of sp³-hybridized carbons (Fsp3) is 0.100. The minimum Gasteiger partial charge on any atom is -0.497 e. The molecule has 1 aromatic rings. The molecule has 0 fully saturated rings. The predicted molar refractivity (Wildman–Crippen MR) is 48.5 cm³/mol. The van der Waals surface area contributed by atoms with Crippen molar-refractivity contribution in [3.8, 4) is 5.75 Å². The van der Waals surface area contributed by atoms with Gasteiger partial charge < -0.3 is 4.74 Å². The summed E-state index contributed by atoms with van der Waals surface area (Å²) in [5.41, 5.74) is 1.49. The Morgan fingerprint density at radius 3 is 2.50 bits per heavy atom. The van der Waals surface area contributed by atoms with Crippen LogP contribution in [0.4, 0.5) is 0 Å². The zero-order valence-electron chi connectivity index (χ0n) is 6.91. The highest BCUT2D eigenvalue weighted by molar-refractivity contribution is 5.77. The number of benzene rings is 1. The smallest absolute Gasteiger partial charge is 0.150 e. The number of aldehydes is 1. The van der Waals surface area contributed by atoms with Crippen molar-refractivity contribution in [2.45, 2.75) is 0 Å². The Morgan fingerprint density at radius 2 is 2.00 bits per heavy atom. The molecule has 0 saturated carbocycles. The fourth-order valence-corrected chi connectivity index (χ4v) is 0.950. The molecule has 0 aliphatic rings. The van der Waals surface area contributed by atoms with Gasteiger partial charge in [-0.25, -0.2) is 0 Å². The lowest BCUT2D eigenvalue weighted by molar-refractivity contribution is 0.112. The van der Waals surface area contributed by atoms with Gasteiger partial charge in [-0.3, -0.25) is 4.79 Å². The zero-order chi connectivity index (χ0) is 8.97. The van der Waals surface area contributed by atoms with E-state index in [2.05, 4.69) is 6.58 Å². The summed E-state index contributed by atoms with van der Waals surface area (Å²) in [7, 11) is 1.57. The molecule has 0 aliphatic heterocycles. The lowest BCUT2D eigenvalue weighted by atomic mass is 10.1. The Hall–Kier alpha value is -1.57. The molecule has 0 atom stereocenters. The molecule has 0 radical (unpaired) electrons. The van der Waals surface area contributed by atoms with Crippen LogP contribution in [0.25, 0.3) is 6.08 Å².